The van der Waals surface area contributed by atoms with Crippen LogP contribution in [-0.2, 0) is 19.8 Å². The number of ether oxygens (including phenoxy) is 2. The third-order valence-electron chi connectivity index (χ3n) is 4.66. The number of carbonyl (C=O) groups excluding carboxylic acids is 1. The van der Waals surface area contributed by atoms with Gasteiger partial charge in [0, 0.05) is 0 Å². The van der Waals surface area contributed by atoms with Gasteiger partial charge in [-0.25, -0.2) is 0 Å². The van der Waals surface area contributed by atoms with E-state index < -0.39 is 23.1 Å². The topological polar surface area (TPSA) is 74.6 Å². The van der Waals surface area contributed by atoms with Crippen molar-refractivity contribution in [1.29, 1.82) is 5.26 Å². The third-order valence-corrected chi connectivity index (χ3v) is 4.66. The van der Waals surface area contributed by atoms with E-state index in [1.54, 1.807) is 19.0 Å². The Morgan fingerprint density at radius 2 is 2.30 bits per heavy atom. The molecule has 0 radical (unpaired) electrons. The summed E-state index contributed by atoms with van der Waals surface area (Å²) in [6.07, 6.45) is 0.695. The fraction of sp³-hybridized carbons (Fsp3) is 0.500. The summed E-state index contributed by atoms with van der Waals surface area (Å²) in [5.74, 6) is -0.275. The molecule has 0 aliphatic carbocycles. The van der Waals surface area contributed by atoms with Gasteiger partial charge < -0.3 is 0 Å². The van der Waals surface area contributed by atoms with Gasteiger partial charge in [0.05, 0.1) is 0 Å². The van der Waals surface area contributed by atoms with Crippen LogP contribution in [-0.4, -0.2) is 64.3 Å². The monoisotopic (exact) mass is 377 g/mol. The normalized spacial score (nSPS) is 25.3. The minimum atomic E-state index is -1.29. The Kier molecular flexibility index (Phi) is 7.05. The Bertz CT molecular complexity index is 754. The summed E-state index contributed by atoms with van der Waals surface area (Å²) in [5.41, 5.74) is -0.819. The number of nitriles is 1. The maximum absolute atomic E-state index is 14.7. The molecule has 1 heterocycles. The molecule has 144 valence electrons. The molecule has 1 fully saturated rings. The van der Waals surface area contributed by atoms with E-state index in [-0.39, 0.29) is 24.7 Å². The van der Waals surface area contributed by atoms with E-state index in [1.165, 1.54) is 20.1 Å². The van der Waals surface area contributed by atoms with Gasteiger partial charge in [-0.2, -0.15) is 0 Å². The van der Waals surface area contributed by atoms with E-state index in [1.807, 2.05) is 5.97 Å². The minimum absolute atomic E-state index is 0.0520. The number of benzene rings is 1. The SMILES string of the molecule is COCC1CC(C=O)C(NC(=BC#N)N(C)C)(c2ccc(F)cc2F)CO1. The first-order chi connectivity index (χ1) is 12.9. The van der Waals surface area contributed by atoms with Crippen LogP contribution < -0.4 is 5.32 Å². The molecular formula is C18H22BF2N3O3. The van der Waals surface area contributed by atoms with Crippen molar-refractivity contribution in [3.63, 3.8) is 0 Å². The van der Waals surface area contributed by atoms with E-state index >= 15 is 0 Å². The number of hydrogen-bond donors (Lipinski definition) is 1. The number of hydrogen-bond acceptors (Lipinski definition) is 6. The van der Waals surface area contributed by atoms with Crippen LogP contribution in [0.25, 0.3) is 0 Å². The van der Waals surface area contributed by atoms with Crippen LogP contribution in [0, 0.1) is 28.8 Å². The molecule has 1 N–H and O–H groups in total. The van der Waals surface area contributed by atoms with Crippen LogP contribution in [0.15, 0.2) is 18.2 Å². The van der Waals surface area contributed by atoms with Crippen LogP contribution in [0.3, 0.4) is 0 Å². The first kappa shape index (κ1) is 21.0. The maximum atomic E-state index is 14.7. The Labute approximate surface area is 158 Å². The van der Waals surface area contributed by atoms with Crippen LogP contribution in [0.5, 0.6) is 0 Å². The van der Waals surface area contributed by atoms with Gasteiger partial charge in [-0.3, -0.25) is 0 Å². The van der Waals surface area contributed by atoms with Crippen molar-refractivity contribution in [3.8, 4) is 5.97 Å². The van der Waals surface area contributed by atoms with Gasteiger partial charge >= 0.3 is 157 Å². The van der Waals surface area contributed by atoms with Gasteiger partial charge in [0.25, 0.3) is 0 Å². The standard InChI is InChI=1S/C18H22BF2N3O3/c1-24(2)17(19-11-22)23-18(15-5-4-13(20)7-16(15)21)10-27-14(9-26-3)6-12(18)8-25/h4-5,7-8,12,14,23H,6,9-10H2,1-3H3. The molecule has 1 aliphatic rings. The summed E-state index contributed by atoms with van der Waals surface area (Å²) < 4.78 is 39.1. The number of methoxy groups -OCH3 is 1. The van der Waals surface area contributed by atoms with Gasteiger partial charge in [-0.05, 0) is 0 Å². The fourth-order valence-corrected chi connectivity index (χ4v) is 3.27. The summed E-state index contributed by atoms with van der Waals surface area (Å²) >= 11 is 0. The molecule has 1 saturated heterocycles. The van der Waals surface area contributed by atoms with E-state index in [9.17, 15) is 13.6 Å². The number of aldehydes is 1. The number of carbonyl (C=O) groups is 1. The zero-order valence-electron chi connectivity index (χ0n) is 15.5. The van der Waals surface area contributed by atoms with Crippen LogP contribution >= 0.6 is 0 Å². The molecule has 1 aromatic rings. The van der Waals surface area contributed by atoms with Gasteiger partial charge in [0.2, 0.25) is 0 Å². The average Bonchev–Trinajstić information content (AvgIpc) is 2.62. The Morgan fingerprint density at radius 3 is 2.85 bits per heavy atom. The molecule has 3 atom stereocenters. The van der Waals surface area contributed by atoms with Crippen molar-refractivity contribution in [3.05, 3.63) is 35.4 Å². The molecule has 0 spiro atoms. The van der Waals surface area contributed by atoms with E-state index in [0.29, 0.717) is 12.3 Å². The molecule has 27 heavy (non-hydrogen) atoms. The molecule has 3 unspecified atom stereocenters. The Balaban J connectivity index is 2.56. The van der Waals surface area contributed by atoms with Crippen LogP contribution in [0.1, 0.15) is 12.0 Å². The molecule has 6 nitrogen and oxygen atoms in total. The Hall–Kier alpha value is -2.31. The second-order valence-corrected chi connectivity index (χ2v) is 6.64. The van der Waals surface area contributed by atoms with Gasteiger partial charge in [-0.1, -0.05) is 0 Å². The summed E-state index contributed by atoms with van der Waals surface area (Å²) in [5, 5.41) is 12.2. The zero-order chi connectivity index (χ0) is 20.0. The van der Waals surface area contributed by atoms with Gasteiger partial charge in [0.15, 0.2) is 0 Å². The molecule has 0 saturated carbocycles. The average molecular weight is 377 g/mol. The second kappa shape index (κ2) is 9.06. The Morgan fingerprint density at radius 1 is 1.56 bits per heavy atom. The van der Waals surface area contributed by atoms with Gasteiger partial charge in [-0.15, -0.1) is 0 Å². The van der Waals surface area contributed by atoms with E-state index in [2.05, 4.69) is 5.32 Å². The zero-order valence-corrected chi connectivity index (χ0v) is 15.5. The summed E-state index contributed by atoms with van der Waals surface area (Å²) in [6, 6.07) is 3.20. The summed E-state index contributed by atoms with van der Waals surface area (Å²) in [6.45, 7) is 1.50. The molecule has 1 aliphatic heterocycles. The van der Waals surface area contributed by atoms with Crippen molar-refractivity contribution in [2.24, 2.45) is 5.92 Å². The first-order valence-corrected chi connectivity index (χ1v) is 8.44. The molecule has 2 rings (SSSR count). The van der Waals surface area contributed by atoms with Crippen molar-refractivity contribution in [2.45, 2.75) is 18.1 Å². The predicted octanol–water partition coefficient (Wildman–Crippen LogP) is 0.834. The van der Waals surface area contributed by atoms with Crippen LogP contribution in [0.4, 0.5) is 8.78 Å². The summed E-state index contributed by atoms with van der Waals surface area (Å²) in [4.78, 5) is 13.6. The quantitative estimate of drug-likeness (QED) is 0.561. The van der Waals surface area contributed by atoms with Gasteiger partial charge in [0.1, 0.15) is 0 Å². The number of nitrogens with one attached hydrogen (secondary N) is 1. The van der Waals surface area contributed by atoms with Crippen molar-refractivity contribution >= 4 is 18.9 Å². The van der Waals surface area contributed by atoms with E-state index in [4.69, 9.17) is 14.7 Å². The van der Waals surface area contributed by atoms with Crippen LogP contribution in [0.2, 0.25) is 0 Å². The number of rotatable bonds is 7. The molecular weight excluding hydrogens is 355 g/mol. The fourth-order valence-electron chi connectivity index (χ4n) is 3.27. The number of nitrogens with zero attached hydrogens (tertiary/aromatic N) is 2. The molecule has 0 amide bonds. The number of halogens is 2. The molecule has 9 heteroatoms. The van der Waals surface area contributed by atoms with Crippen molar-refractivity contribution in [2.75, 3.05) is 34.4 Å². The molecule has 0 aromatic heterocycles. The predicted molar refractivity (Wildman–Crippen MR) is 97.0 cm³/mol. The third kappa shape index (κ3) is 4.52. The van der Waals surface area contributed by atoms with Crippen molar-refractivity contribution < 1.29 is 23.0 Å². The second-order valence-electron chi connectivity index (χ2n) is 6.64. The first-order valence-electron chi connectivity index (χ1n) is 8.44. The van der Waals surface area contributed by atoms with Crippen molar-refractivity contribution in [1.82, 2.24) is 10.2 Å². The summed E-state index contributed by atoms with van der Waals surface area (Å²) in [7, 11) is 4.94. The molecule has 1 aromatic carbocycles. The molecule has 0 bridgehead atoms. The van der Waals surface area contributed by atoms with E-state index in [0.717, 1.165) is 18.4 Å².